The molecule has 1 aliphatic rings. The predicted octanol–water partition coefficient (Wildman–Crippen LogP) is 4.18. The zero-order valence-corrected chi connectivity index (χ0v) is 12.1. The molecule has 1 N–H and O–H groups in total. The van der Waals surface area contributed by atoms with Crippen LogP contribution in [0.5, 0.6) is 0 Å². The van der Waals surface area contributed by atoms with E-state index in [0.717, 1.165) is 5.13 Å². The van der Waals surface area contributed by atoms with Gasteiger partial charge in [0.2, 0.25) is 5.91 Å². The van der Waals surface area contributed by atoms with Crippen molar-refractivity contribution in [2.45, 2.75) is 58.3 Å². The van der Waals surface area contributed by atoms with Gasteiger partial charge in [-0.3, -0.25) is 4.79 Å². The van der Waals surface area contributed by atoms with Crippen LogP contribution in [0.2, 0.25) is 0 Å². The highest BCUT2D eigenvalue weighted by atomic mass is 32.1. The minimum Gasteiger partial charge on any atom is -0.302 e. The smallest absolute Gasteiger partial charge is 0.226 e. The normalized spacial score (nSPS) is 17.1. The number of hydrogen-bond donors (Lipinski definition) is 1. The van der Waals surface area contributed by atoms with Gasteiger partial charge in [0.05, 0.1) is 0 Å². The van der Waals surface area contributed by atoms with E-state index in [9.17, 15) is 4.79 Å². The fourth-order valence-corrected chi connectivity index (χ4v) is 3.27. The van der Waals surface area contributed by atoms with E-state index in [1.807, 2.05) is 6.20 Å². The monoisotopic (exact) mass is 266 g/mol. The van der Waals surface area contributed by atoms with Gasteiger partial charge in [0.1, 0.15) is 0 Å². The number of hydrogen-bond acceptors (Lipinski definition) is 3. The summed E-state index contributed by atoms with van der Waals surface area (Å²) in [5.74, 6) is 1.20. The van der Waals surface area contributed by atoms with E-state index >= 15 is 0 Å². The van der Waals surface area contributed by atoms with Crippen LogP contribution >= 0.6 is 11.3 Å². The van der Waals surface area contributed by atoms with E-state index < -0.39 is 0 Å². The third-order valence-corrected chi connectivity index (χ3v) is 4.75. The molecule has 0 radical (unpaired) electrons. The highest BCUT2D eigenvalue weighted by molar-refractivity contribution is 7.15. The van der Waals surface area contributed by atoms with Crippen LogP contribution in [0, 0.1) is 5.92 Å². The van der Waals surface area contributed by atoms with Crippen LogP contribution in [0.3, 0.4) is 0 Å². The number of nitrogens with zero attached hydrogens (tertiary/aromatic N) is 1. The molecular formula is C14H22N2OS. The maximum absolute atomic E-state index is 11.9. The lowest BCUT2D eigenvalue weighted by Gasteiger charge is -2.20. The number of carbonyl (C=O) groups excluding carboxylic acids is 1. The van der Waals surface area contributed by atoms with Crippen LogP contribution in [-0.4, -0.2) is 10.9 Å². The molecule has 1 aromatic heterocycles. The molecule has 1 heterocycles. The Balaban J connectivity index is 1.82. The molecule has 2 rings (SSSR count). The molecule has 3 nitrogen and oxygen atoms in total. The van der Waals surface area contributed by atoms with Crippen molar-refractivity contribution in [1.29, 1.82) is 0 Å². The Morgan fingerprint density at radius 3 is 2.78 bits per heavy atom. The van der Waals surface area contributed by atoms with Gasteiger partial charge in [-0.2, -0.15) is 0 Å². The minimum absolute atomic E-state index is 0.131. The van der Waals surface area contributed by atoms with Crippen molar-refractivity contribution < 1.29 is 4.79 Å². The molecule has 0 saturated heterocycles. The second kappa shape index (κ2) is 6.32. The highest BCUT2D eigenvalue weighted by Gasteiger charge is 2.17. The Morgan fingerprint density at radius 2 is 2.17 bits per heavy atom. The number of thiazole rings is 1. The molecule has 100 valence electrons. The quantitative estimate of drug-likeness (QED) is 0.888. The fourth-order valence-electron chi connectivity index (χ4n) is 2.44. The molecule has 0 unspecified atom stereocenters. The average molecular weight is 266 g/mol. The van der Waals surface area contributed by atoms with Crippen molar-refractivity contribution >= 4 is 22.4 Å². The van der Waals surface area contributed by atoms with Gasteiger partial charge in [0.25, 0.3) is 0 Å². The lowest BCUT2D eigenvalue weighted by atomic mass is 9.87. The molecule has 0 bridgehead atoms. The van der Waals surface area contributed by atoms with E-state index in [0.29, 0.717) is 18.3 Å². The summed E-state index contributed by atoms with van der Waals surface area (Å²) < 4.78 is 0. The topological polar surface area (TPSA) is 42.0 Å². The Bertz CT molecular complexity index is 394. The number of nitrogens with one attached hydrogen (secondary N) is 1. The number of anilines is 1. The Hall–Kier alpha value is -0.900. The zero-order chi connectivity index (χ0) is 13.0. The highest BCUT2D eigenvalue weighted by Crippen LogP contribution is 2.28. The molecule has 4 heteroatoms. The SMILES string of the molecule is CC(C)c1cnc(NC(=O)CC2CCCCC2)s1. The summed E-state index contributed by atoms with van der Waals surface area (Å²) in [5, 5.41) is 3.68. The second-order valence-electron chi connectivity index (χ2n) is 5.48. The average Bonchev–Trinajstić information content (AvgIpc) is 2.78. The molecule has 1 amide bonds. The summed E-state index contributed by atoms with van der Waals surface area (Å²) in [6.07, 6.45) is 8.86. The van der Waals surface area contributed by atoms with Gasteiger partial charge in [-0.15, -0.1) is 11.3 Å². The van der Waals surface area contributed by atoms with Gasteiger partial charge >= 0.3 is 0 Å². The molecule has 0 atom stereocenters. The van der Waals surface area contributed by atoms with Gasteiger partial charge in [-0.25, -0.2) is 4.98 Å². The minimum atomic E-state index is 0.131. The van der Waals surface area contributed by atoms with Crippen LogP contribution in [0.4, 0.5) is 5.13 Å². The number of aromatic nitrogens is 1. The van der Waals surface area contributed by atoms with Crippen molar-refractivity contribution in [3.8, 4) is 0 Å². The first-order valence-electron chi connectivity index (χ1n) is 6.90. The fraction of sp³-hybridized carbons (Fsp3) is 0.714. The van der Waals surface area contributed by atoms with E-state index in [1.165, 1.54) is 37.0 Å². The Labute approximate surface area is 113 Å². The first-order chi connectivity index (χ1) is 8.65. The molecule has 0 aliphatic heterocycles. The first-order valence-corrected chi connectivity index (χ1v) is 7.72. The summed E-state index contributed by atoms with van der Waals surface area (Å²) in [5.41, 5.74) is 0. The van der Waals surface area contributed by atoms with Crippen molar-refractivity contribution in [2.24, 2.45) is 5.92 Å². The lowest BCUT2D eigenvalue weighted by molar-refractivity contribution is -0.117. The summed E-state index contributed by atoms with van der Waals surface area (Å²) in [4.78, 5) is 17.4. The Morgan fingerprint density at radius 1 is 1.44 bits per heavy atom. The standard InChI is InChI=1S/C14H22N2OS/c1-10(2)12-9-15-14(18-12)16-13(17)8-11-6-4-3-5-7-11/h9-11H,3-8H2,1-2H3,(H,15,16,17). The second-order valence-corrected chi connectivity index (χ2v) is 6.54. The van der Waals surface area contributed by atoms with Crippen LogP contribution in [0.25, 0.3) is 0 Å². The lowest BCUT2D eigenvalue weighted by Crippen LogP contribution is -2.18. The van der Waals surface area contributed by atoms with Gasteiger partial charge in [-0.1, -0.05) is 33.1 Å². The van der Waals surface area contributed by atoms with Crippen LogP contribution < -0.4 is 5.32 Å². The molecule has 1 aliphatic carbocycles. The zero-order valence-electron chi connectivity index (χ0n) is 11.2. The molecule has 1 aromatic rings. The van der Waals surface area contributed by atoms with E-state index in [-0.39, 0.29) is 5.91 Å². The van der Waals surface area contributed by atoms with Crippen molar-refractivity contribution in [1.82, 2.24) is 4.98 Å². The first kappa shape index (κ1) is 13.5. The van der Waals surface area contributed by atoms with Crippen LogP contribution in [0.1, 0.15) is 63.2 Å². The molecular weight excluding hydrogens is 244 g/mol. The van der Waals surface area contributed by atoms with Crippen molar-refractivity contribution in [3.05, 3.63) is 11.1 Å². The Kier molecular flexibility index (Phi) is 4.75. The van der Waals surface area contributed by atoms with Crippen LogP contribution in [0.15, 0.2) is 6.20 Å². The third kappa shape index (κ3) is 3.80. The summed E-state index contributed by atoms with van der Waals surface area (Å²) in [7, 11) is 0. The summed E-state index contributed by atoms with van der Waals surface area (Å²) in [6.45, 7) is 4.28. The van der Waals surface area contributed by atoms with E-state index in [4.69, 9.17) is 0 Å². The number of rotatable bonds is 4. The number of amides is 1. The van der Waals surface area contributed by atoms with Crippen LogP contribution in [-0.2, 0) is 4.79 Å². The van der Waals surface area contributed by atoms with E-state index in [2.05, 4.69) is 24.1 Å². The summed E-state index contributed by atoms with van der Waals surface area (Å²) >= 11 is 1.59. The summed E-state index contributed by atoms with van der Waals surface area (Å²) in [6, 6.07) is 0. The van der Waals surface area contributed by atoms with Gasteiger partial charge in [0.15, 0.2) is 5.13 Å². The van der Waals surface area contributed by atoms with Crippen molar-refractivity contribution in [2.75, 3.05) is 5.32 Å². The maximum Gasteiger partial charge on any atom is 0.226 e. The van der Waals surface area contributed by atoms with Gasteiger partial charge in [-0.05, 0) is 24.7 Å². The van der Waals surface area contributed by atoms with Gasteiger partial charge < -0.3 is 5.32 Å². The molecule has 18 heavy (non-hydrogen) atoms. The molecule has 1 saturated carbocycles. The van der Waals surface area contributed by atoms with Gasteiger partial charge in [0, 0.05) is 17.5 Å². The maximum atomic E-state index is 11.9. The largest absolute Gasteiger partial charge is 0.302 e. The molecule has 0 aromatic carbocycles. The molecule has 1 fully saturated rings. The third-order valence-electron chi connectivity index (χ3n) is 3.54. The molecule has 0 spiro atoms. The van der Waals surface area contributed by atoms with Crippen molar-refractivity contribution in [3.63, 3.8) is 0 Å². The number of carbonyl (C=O) groups is 1. The predicted molar refractivity (Wildman–Crippen MR) is 76.0 cm³/mol. The van der Waals surface area contributed by atoms with E-state index in [1.54, 1.807) is 11.3 Å².